The van der Waals surface area contributed by atoms with E-state index in [0.29, 0.717) is 5.02 Å². The molecular formula is C12H15ClN2O. The molecule has 0 amide bonds. The first-order valence-corrected chi connectivity index (χ1v) is 5.84. The molecule has 0 spiro atoms. The van der Waals surface area contributed by atoms with Gasteiger partial charge in [-0.3, -0.25) is 0 Å². The molecule has 2 rings (SSSR count). The van der Waals surface area contributed by atoms with E-state index in [9.17, 15) is 0 Å². The topological polar surface area (TPSA) is 27.1 Å². The number of aryl methyl sites for hydroxylation is 1. The summed E-state index contributed by atoms with van der Waals surface area (Å²) < 4.78 is 7.30. The lowest BCUT2D eigenvalue weighted by Crippen LogP contribution is -2.02. The summed E-state index contributed by atoms with van der Waals surface area (Å²) in [4.78, 5) is 0. The standard InChI is InChI=1S/C12H15ClN2O/c1-3-4-7-15-12(16-2)10-8-9(13)5-6-11(10)14-15/h5-6,8H,3-4,7H2,1-2H3. The first-order valence-electron chi connectivity index (χ1n) is 5.46. The number of fused-ring (bicyclic) bond motifs is 1. The molecule has 1 heterocycles. The summed E-state index contributed by atoms with van der Waals surface area (Å²) in [5.41, 5.74) is 0.928. The molecule has 86 valence electrons. The van der Waals surface area contributed by atoms with Crippen LogP contribution in [0, 0.1) is 0 Å². The predicted octanol–water partition coefficient (Wildman–Crippen LogP) is 3.50. The maximum absolute atomic E-state index is 5.97. The Bertz CT molecular complexity index is 493. The van der Waals surface area contributed by atoms with Crippen molar-refractivity contribution in [3.63, 3.8) is 0 Å². The van der Waals surface area contributed by atoms with Gasteiger partial charge in [-0.2, -0.15) is 5.10 Å². The lowest BCUT2D eigenvalue weighted by Gasteiger charge is -2.04. The number of methoxy groups -OCH3 is 1. The quantitative estimate of drug-likeness (QED) is 0.815. The molecule has 0 unspecified atom stereocenters. The van der Waals surface area contributed by atoms with E-state index in [0.717, 1.165) is 36.2 Å². The molecule has 1 aromatic carbocycles. The van der Waals surface area contributed by atoms with Crippen molar-refractivity contribution in [2.75, 3.05) is 7.11 Å². The molecule has 1 aromatic heterocycles. The van der Waals surface area contributed by atoms with Crippen LogP contribution in [0.3, 0.4) is 0 Å². The van der Waals surface area contributed by atoms with Gasteiger partial charge in [-0.25, -0.2) is 4.68 Å². The number of unbranched alkanes of at least 4 members (excludes halogenated alkanes) is 1. The Hall–Kier alpha value is -1.22. The molecule has 16 heavy (non-hydrogen) atoms. The maximum Gasteiger partial charge on any atom is 0.219 e. The van der Waals surface area contributed by atoms with Gasteiger partial charge in [-0.05, 0) is 24.6 Å². The second-order valence-corrected chi connectivity index (χ2v) is 4.18. The van der Waals surface area contributed by atoms with E-state index >= 15 is 0 Å². The van der Waals surface area contributed by atoms with Crippen LogP contribution in [0.1, 0.15) is 19.8 Å². The Morgan fingerprint density at radius 1 is 1.44 bits per heavy atom. The van der Waals surface area contributed by atoms with E-state index in [1.165, 1.54) is 0 Å². The third-order valence-electron chi connectivity index (χ3n) is 2.57. The molecule has 0 saturated carbocycles. The third-order valence-corrected chi connectivity index (χ3v) is 2.80. The van der Waals surface area contributed by atoms with Gasteiger partial charge in [0.1, 0.15) is 0 Å². The third kappa shape index (κ3) is 2.00. The normalized spacial score (nSPS) is 10.9. The Morgan fingerprint density at radius 2 is 2.25 bits per heavy atom. The van der Waals surface area contributed by atoms with Crippen LogP contribution in [0.25, 0.3) is 10.9 Å². The number of aromatic nitrogens is 2. The van der Waals surface area contributed by atoms with Crippen LogP contribution in [0.5, 0.6) is 5.88 Å². The highest BCUT2D eigenvalue weighted by molar-refractivity contribution is 6.31. The van der Waals surface area contributed by atoms with E-state index in [4.69, 9.17) is 16.3 Å². The average molecular weight is 239 g/mol. The number of hydrogen-bond acceptors (Lipinski definition) is 2. The van der Waals surface area contributed by atoms with Crippen LogP contribution < -0.4 is 4.74 Å². The fourth-order valence-electron chi connectivity index (χ4n) is 1.76. The smallest absolute Gasteiger partial charge is 0.219 e. The SMILES string of the molecule is CCCCn1nc2ccc(Cl)cc2c1OC. The molecule has 0 radical (unpaired) electrons. The van der Waals surface area contributed by atoms with Gasteiger partial charge in [0.25, 0.3) is 0 Å². The number of rotatable bonds is 4. The van der Waals surface area contributed by atoms with Crippen molar-refractivity contribution < 1.29 is 4.74 Å². The van der Waals surface area contributed by atoms with Crippen molar-refractivity contribution >= 4 is 22.5 Å². The number of halogens is 1. The molecule has 0 aliphatic carbocycles. The van der Waals surface area contributed by atoms with Crippen molar-refractivity contribution in [1.29, 1.82) is 0 Å². The highest BCUT2D eigenvalue weighted by Crippen LogP contribution is 2.28. The first kappa shape index (κ1) is 11.3. The number of benzene rings is 1. The first-order chi connectivity index (χ1) is 7.76. The minimum Gasteiger partial charge on any atom is -0.481 e. The van der Waals surface area contributed by atoms with Crippen LogP contribution in [0.2, 0.25) is 5.02 Å². The molecule has 3 nitrogen and oxygen atoms in total. The zero-order chi connectivity index (χ0) is 11.5. The van der Waals surface area contributed by atoms with Gasteiger partial charge < -0.3 is 4.74 Å². The molecule has 0 aliphatic rings. The Morgan fingerprint density at radius 3 is 2.94 bits per heavy atom. The van der Waals surface area contributed by atoms with E-state index in [1.54, 1.807) is 7.11 Å². The van der Waals surface area contributed by atoms with Crippen molar-refractivity contribution in [3.05, 3.63) is 23.2 Å². The summed E-state index contributed by atoms with van der Waals surface area (Å²) in [5, 5.41) is 6.18. The van der Waals surface area contributed by atoms with E-state index in [-0.39, 0.29) is 0 Å². The lowest BCUT2D eigenvalue weighted by molar-refractivity contribution is 0.361. The molecule has 0 fully saturated rings. The molecule has 2 aromatic rings. The Labute approximate surface area is 100.0 Å². The minimum absolute atomic E-state index is 0.709. The zero-order valence-corrected chi connectivity index (χ0v) is 10.3. The van der Waals surface area contributed by atoms with Crippen LogP contribution in [0.15, 0.2) is 18.2 Å². The summed E-state index contributed by atoms with van der Waals surface area (Å²) in [6.45, 7) is 3.04. The van der Waals surface area contributed by atoms with Gasteiger partial charge in [0, 0.05) is 11.6 Å². The van der Waals surface area contributed by atoms with Crippen LogP contribution in [-0.4, -0.2) is 16.9 Å². The molecule has 0 aliphatic heterocycles. The second kappa shape index (κ2) is 4.74. The number of hydrogen-bond donors (Lipinski definition) is 0. The molecule has 0 bridgehead atoms. The van der Waals surface area contributed by atoms with E-state index < -0.39 is 0 Å². The van der Waals surface area contributed by atoms with Crippen molar-refractivity contribution in [2.24, 2.45) is 0 Å². The fourth-order valence-corrected chi connectivity index (χ4v) is 1.93. The van der Waals surface area contributed by atoms with Gasteiger partial charge >= 0.3 is 0 Å². The Balaban J connectivity index is 2.49. The van der Waals surface area contributed by atoms with Gasteiger partial charge in [0.2, 0.25) is 5.88 Å². The van der Waals surface area contributed by atoms with Crippen molar-refractivity contribution in [2.45, 2.75) is 26.3 Å². The van der Waals surface area contributed by atoms with Crippen LogP contribution >= 0.6 is 11.6 Å². The second-order valence-electron chi connectivity index (χ2n) is 3.75. The molecule has 0 saturated heterocycles. The van der Waals surface area contributed by atoms with Gasteiger partial charge in [-0.1, -0.05) is 24.9 Å². The molecular weight excluding hydrogens is 224 g/mol. The minimum atomic E-state index is 0.709. The summed E-state index contributed by atoms with van der Waals surface area (Å²) >= 11 is 5.97. The summed E-state index contributed by atoms with van der Waals surface area (Å²) in [5.74, 6) is 0.797. The average Bonchev–Trinajstić information content (AvgIpc) is 2.63. The molecule has 4 heteroatoms. The Kier molecular flexibility index (Phi) is 3.34. The van der Waals surface area contributed by atoms with Crippen LogP contribution in [-0.2, 0) is 6.54 Å². The number of nitrogens with zero attached hydrogens (tertiary/aromatic N) is 2. The highest BCUT2D eigenvalue weighted by atomic mass is 35.5. The highest BCUT2D eigenvalue weighted by Gasteiger charge is 2.11. The summed E-state index contributed by atoms with van der Waals surface area (Å²) in [6, 6.07) is 5.66. The van der Waals surface area contributed by atoms with Gasteiger partial charge in [0.15, 0.2) is 0 Å². The van der Waals surface area contributed by atoms with Crippen molar-refractivity contribution in [3.8, 4) is 5.88 Å². The maximum atomic E-state index is 5.97. The fraction of sp³-hybridized carbons (Fsp3) is 0.417. The molecule has 0 N–H and O–H groups in total. The largest absolute Gasteiger partial charge is 0.481 e. The van der Waals surface area contributed by atoms with E-state index in [2.05, 4.69) is 12.0 Å². The predicted molar refractivity (Wildman–Crippen MR) is 66.2 cm³/mol. The lowest BCUT2D eigenvalue weighted by atomic mass is 10.2. The van der Waals surface area contributed by atoms with Gasteiger partial charge in [-0.15, -0.1) is 0 Å². The number of ether oxygens (including phenoxy) is 1. The zero-order valence-electron chi connectivity index (χ0n) is 9.53. The monoisotopic (exact) mass is 238 g/mol. The van der Waals surface area contributed by atoms with Crippen LogP contribution in [0.4, 0.5) is 0 Å². The van der Waals surface area contributed by atoms with E-state index in [1.807, 2.05) is 22.9 Å². The molecule has 0 atom stereocenters. The summed E-state index contributed by atoms with van der Waals surface area (Å²) in [7, 11) is 1.67. The summed E-state index contributed by atoms with van der Waals surface area (Å²) in [6.07, 6.45) is 2.23. The van der Waals surface area contributed by atoms with Crippen molar-refractivity contribution in [1.82, 2.24) is 9.78 Å². The van der Waals surface area contributed by atoms with Gasteiger partial charge in [0.05, 0.1) is 18.0 Å².